The van der Waals surface area contributed by atoms with Crippen molar-refractivity contribution in [2.75, 3.05) is 13.1 Å². The van der Waals surface area contributed by atoms with E-state index in [0.717, 1.165) is 31.5 Å². The van der Waals surface area contributed by atoms with E-state index in [4.69, 9.17) is 0 Å². The molecule has 0 bridgehead atoms. The molecule has 1 aromatic heterocycles. The van der Waals surface area contributed by atoms with Crippen LogP contribution in [0.1, 0.15) is 46.1 Å². The molecule has 0 spiro atoms. The third-order valence-electron chi connectivity index (χ3n) is 4.24. The van der Waals surface area contributed by atoms with Crippen molar-refractivity contribution in [1.82, 2.24) is 4.90 Å². The van der Waals surface area contributed by atoms with E-state index in [1.807, 2.05) is 30.3 Å². The first-order chi connectivity index (χ1) is 12.8. The van der Waals surface area contributed by atoms with Crippen LogP contribution in [0.25, 0.3) is 0 Å². The van der Waals surface area contributed by atoms with Gasteiger partial charge in [0.2, 0.25) is 0 Å². The Kier molecular flexibility index (Phi) is 8.05. The maximum atomic E-state index is 12.9. The lowest BCUT2D eigenvalue weighted by Gasteiger charge is -2.28. The molecule has 0 radical (unpaired) electrons. The van der Waals surface area contributed by atoms with Gasteiger partial charge in [0, 0.05) is 18.7 Å². The molecule has 0 atom stereocenters. The van der Waals surface area contributed by atoms with Crippen LogP contribution in [0.3, 0.4) is 0 Å². The molecule has 1 heterocycles. The Morgan fingerprint density at radius 2 is 1.56 bits per heavy atom. The average Bonchev–Trinajstić information content (AvgIpc) is 3.16. The van der Waals surface area contributed by atoms with Crippen LogP contribution < -0.4 is 0 Å². The molecule has 0 aliphatic carbocycles. The summed E-state index contributed by atoms with van der Waals surface area (Å²) in [4.78, 5) is 2.14. The van der Waals surface area contributed by atoms with Crippen molar-refractivity contribution < 1.29 is 8.42 Å². The van der Waals surface area contributed by atoms with Gasteiger partial charge in [0.25, 0.3) is 10.0 Å². The van der Waals surface area contributed by atoms with Gasteiger partial charge in [0.1, 0.15) is 10.0 Å². The molecule has 0 unspecified atom stereocenters. The summed E-state index contributed by atoms with van der Waals surface area (Å²) in [5.74, 6) is 1.63. The van der Waals surface area contributed by atoms with Gasteiger partial charge in [-0.05, 0) is 36.1 Å². The Hall–Kier alpha value is -1.66. The van der Waals surface area contributed by atoms with Crippen LogP contribution in [-0.4, -0.2) is 32.2 Å². The highest BCUT2D eigenvalue weighted by Gasteiger charge is 2.21. The van der Waals surface area contributed by atoms with Gasteiger partial charge in [-0.1, -0.05) is 64.1 Å². The second-order valence-electron chi connectivity index (χ2n) is 7.54. The molecule has 4 nitrogen and oxygen atoms in total. The van der Waals surface area contributed by atoms with Crippen LogP contribution in [0.5, 0.6) is 0 Å². The van der Waals surface area contributed by atoms with Crippen molar-refractivity contribution in [1.29, 1.82) is 0 Å². The van der Waals surface area contributed by atoms with Gasteiger partial charge in [0.15, 0.2) is 0 Å². The molecule has 148 valence electrons. The van der Waals surface area contributed by atoms with Crippen molar-refractivity contribution in [3.8, 4) is 0 Å². The van der Waals surface area contributed by atoms with Crippen LogP contribution in [-0.2, 0) is 10.0 Å². The van der Waals surface area contributed by atoms with Gasteiger partial charge in [-0.25, -0.2) is 0 Å². The van der Waals surface area contributed by atoms with Crippen LogP contribution in [0, 0.1) is 11.8 Å². The highest BCUT2D eigenvalue weighted by molar-refractivity contribution is 7.92. The SMILES string of the molecule is CC(C)CCN(CCC(C)C)C(=NS(=O)(=O)c1cccs1)c1ccccc1. The summed E-state index contributed by atoms with van der Waals surface area (Å²) in [6, 6.07) is 13.0. The minimum absolute atomic E-state index is 0.281. The predicted octanol–water partition coefficient (Wildman–Crippen LogP) is 5.28. The van der Waals surface area contributed by atoms with E-state index >= 15 is 0 Å². The zero-order valence-electron chi connectivity index (χ0n) is 16.6. The van der Waals surface area contributed by atoms with Gasteiger partial charge in [0.05, 0.1) is 0 Å². The van der Waals surface area contributed by atoms with Crippen molar-refractivity contribution in [3.05, 3.63) is 53.4 Å². The zero-order valence-corrected chi connectivity index (χ0v) is 18.3. The lowest BCUT2D eigenvalue weighted by atomic mass is 10.1. The fourth-order valence-corrected chi connectivity index (χ4v) is 4.60. The molecule has 0 N–H and O–H groups in total. The summed E-state index contributed by atoms with van der Waals surface area (Å²) in [5.41, 5.74) is 0.838. The Morgan fingerprint density at radius 3 is 2.04 bits per heavy atom. The Morgan fingerprint density at radius 1 is 0.963 bits per heavy atom. The fourth-order valence-electron chi connectivity index (χ4n) is 2.60. The summed E-state index contributed by atoms with van der Waals surface area (Å²) >= 11 is 1.20. The van der Waals surface area contributed by atoms with E-state index in [2.05, 4.69) is 37.0 Å². The van der Waals surface area contributed by atoms with E-state index < -0.39 is 10.0 Å². The van der Waals surface area contributed by atoms with Crippen molar-refractivity contribution in [3.63, 3.8) is 0 Å². The van der Waals surface area contributed by atoms with E-state index in [-0.39, 0.29) is 4.21 Å². The number of hydrogen-bond donors (Lipinski definition) is 0. The Labute approximate surface area is 168 Å². The molecule has 0 fully saturated rings. The monoisotopic (exact) mass is 406 g/mol. The third kappa shape index (κ3) is 6.78. The van der Waals surface area contributed by atoms with Crippen molar-refractivity contribution in [2.45, 2.75) is 44.7 Å². The second kappa shape index (κ2) is 10.0. The largest absolute Gasteiger partial charge is 0.355 e. The number of rotatable bonds is 9. The average molecular weight is 407 g/mol. The normalized spacial score (nSPS) is 12.7. The Balaban J connectivity index is 2.46. The lowest BCUT2D eigenvalue weighted by molar-refractivity contribution is 0.355. The number of benzene rings is 1. The number of sulfonamides is 1. The van der Waals surface area contributed by atoms with Gasteiger partial charge >= 0.3 is 0 Å². The zero-order chi connectivity index (χ0) is 19.9. The minimum Gasteiger partial charge on any atom is -0.355 e. The highest BCUT2D eigenvalue weighted by Crippen LogP contribution is 2.21. The molecule has 0 aliphatic heterocycles. The molecule has 0 saturated heterocycles. The van der Waals surface area contributed by atoms with Crippen molar-refractivity contribution in [2.24, 2.45) is 16.2 Å². The molecular weight excluding hydrogens is 376 g/mol. The van der Waals surface area contributed by atoms with Gasteiger partial charge in [-0.3, -0.25) is 0 Å². The molecule has 0 amide bonds. The van der Waals surface area contributed by atoms with Crippen LogP contribution >= 0.6 is 11.3 Å². The van der Waals surface area contributed by atoms with Crippen LogP contribution in [0.15, 0.2) is 56.5 Å². The van der Waals surface area contributed by atoms with Gasteiger partial charge in [-0.2, -0.15) is 8.42 Å². The molecule has 1 aromatic carbocycles. The molecule has 0 saturated carbocycles. The maximum Gasteiger partial charge on any atom is 0.293 e. The lowest BCUT2D eigenvalue weighted by Crippen LogP contribution is -2.35. The summed E-state index contributed by atoms with van der Waals surface area (Å²) in [5, 5.41) is 1.76. The third-order valence-corrected chi connectivity index (χ3v) is 6.88. The summed E-state index contributed by atoms with van der Waals surface area (Å²) < 4.78 is 30.3. The quantitative estimate of drug-likeness (QED) is 0.421. The van der Waals surface area contributed by atoms with E-state index in [1.165, 1.54) is 11.3 Å². The first kappa shape index (κ1) is 21.6. The minimum atomic E-state index is -3.72. The summed E-state index contributed by atoms with van der Waals surface area (Å²) in [6.45, 7) is 10.3. The van der Waals surface area contributed by atoms with Gasteiger partial charge in [-0.15, -0.1) is 15.7 Å². The number of thiophene rings is 1. The summed E-state index contributed by atoms with van der Waals surface area (Å²) in [7, 11) is -3.72. The molecular formula is C21H30N2O2S2. The van der Waals surface area contributed by atoms with Crippen LogP contribution in [0.2, 0.25) is 0 Å². The van der Waals surface area contributed by atoms with E-state index in [9.17, 15) is 8.42 Å². The molecule has 6 heteroatoms. The van der Waals surface area contributed by atoms with E-state index in [1.54, 1.807) is 17.5 Å². The van der Waals surface area contributed by atoms with Crippen molar-refractivity contribution >= 4 is 27.2 Å². The first-order valence-corrected chi connectivity index (χ1v) is 11.8. The topological polar surface area (TPSA) is 49.7 Å². The van der Waals surface area contributed by atoms with Gasteiger partial charge < -0.3 is 4.90 Å². The van der Waals surface area contributed by atoms with E-state index in [0.29, 0.717) is 17.7 Å². The second-order valence-corrected chi connectivity index (χ2v) is 10.3. The highest BCUT2D eigenvalue weighted by atomic mass is 32.2. The predicted molar refractivity (Wildman–Crippen MR) is 115 cm³/mol. The fraction of sp³-hybridized carbons (Fsp3) is 0.476. The Bertz CT molecular complexity index is 799. The smallest absolute Gasteiger partial charge is 0.293 e. The molecule has 27 heavy (non-hydrogen) atoms. The first-order valence-electron chi connectivity index (χ1n) is 9.48. The van der Waals surface area contributed by atoms with Crippen LogP contribution in [0.4, 0.5) is 0 Å². The number of amidine groups is 1. The summed E-state index contributed by atoms with van der Waals surface area (Å²) in [6.07, 6.45) is 1.98. The standard InChI is InChI=1S/C21H30N2O2S2/c1-17(2)12-14-23(15-13-18(3)4)21(19-9-6-5-7-10-19)22-27(24,25)20-11-8-16-26-20/h5-11,16-18H,12-15H2,1-4H3. The maximum absolute atomic E-state index is 12.9. The molecule has 0 aliphatic rings. The molecule has 2 aromatic rings. The molecule has 2 rings (SSSR count). The number of hydrogen-bond acceptors (Lipinski definition) is 3. The number of nitrogens with zero attached hydrogens (tertiary/aromatic N) is 2.